The fraction of sp³-hybridized carbons (Fsp3) is 1.00. The van der Waals surface area contributed by atoms with Crippen LogP contribution in [-0.2, 0) is 4.74 Å². The lowest BCUT2D eigenvalue weighted by atomic mass is 9.96. The summed E-state index contributed by atoms with van der Waals surface area (Å²) >= 11 is 0. The Bertz CT molecular complexity index is 146. The highest BCUT2D eigenvalue weighted by atomic mass is 16.5. The third-order valence-electron chi connectivity index (χ3n) is 2.13. The third kappa shape index (κ3) is 1.60. The molecule has 0 saturated carbocycles. The molecular formula is C7H14O5. The molecule has 12 heavy (non-hydrogen) atoms. The van der Waals surface area contributed by atoms with E-state index >= 15 is 0 Å². The van der Waals surface area contributed by atoms with E-state index in [4.69, 9.17) is 9.84 Å². The van der Waals surface area contributed by atoms with Crippen molar-refractivity contribution in [1.29, 1.82) is 0 Å². The van der Waals surface area contributed by atoms with Gasteiger partial charge in [-0.15, -0.1) is 0 Å². The molecule has 1 rings (SSSR count). The van der Waals surface area contributed by atoms with Crippen LogP contribution < -0.4 is 0 Å². The van der Waals surface area contributed by atoms with Gasteiger partial charge in [-0.2, -0.15) is 0 Å². The lowest BCUT2D eigenvalue weighted by molar-refractivity contribution is -0.224. The number of aliphatic hydroxyl groups is 4. The standard InChI is InChI=1S/C7H14O5/c1-3-5(9)7(11)6(10)4(2-8)12-3/h3-11H,2H2,1H3/t3?,4?,5?,6-,7?/m1/s1. The Kier molecular flexibility index (Phi) is 3.03. The first-order valence-corrected chi connectivity index (χ1v) is 3.88. The SMILES string of the molecule is CC1OC(CO)[C@@H](O)C(O)C1O. The minimum atomic E-state index is -1.24. The van der Waals surface area contributed by atoms with Gasteiger partial charge in [-0.05, 0) is 6.92 Å². The van der Waals surface area contributed by atoms with E-state index in [1.807, 2.05) is 0 Å². The monoisotopic (exact) mass is 178 g/mol. The molecule has 4 unspecified atom stereocenters. The van der Waals surface area contributed by atoms with E-state index in [9.17, 15) is 15.3 Å². The number of aliphatic hydroxyl groups excluding tert-OH is 4. The summed E-state index contributed by atoms with van der Waals surface area (Å²) in [4.78, 5) is 0. The van der Waals surface area contributed by atoms with Gasteiger partial charge >= 0.3 is 0 Å². The average molecular weight is 178 g/mol. The van der Waals surface area contributed by atoms with Crippen molar-refractivity contribution in [3.8, 4) is 0 Å². The first-order chi connectivity index (χ1) is 5.57. The molecule has 0 aliphatic carbocycles. The molecule has 0 spiro atoms. The molecule has 1 aliphatic heterocycles. The fourth-order valence-corrected chi connectivity index (χ4v) is 1.29. The van der Waals surface area contributed by atoms with Crippen LogP contribution in [0.1, 0.15) is 6.92 Å². The quantitative estimate of drug-likeness (QED) is 0.367. The van der Waals surface area contributed by atoms with Crippen LogP contribution in [0.15, 0.2) is 0 Å². The van der Waals surface area contributed by atoms with Gasteiger partial charge in [-0.3, -0.25) is 0 Å². The van der Waals surface area contributed by atoms with Gasteiger partial charge in [0.05, 0.1) is 12.7 Å². The van der Waals surface area contributed by atoms with Crippen molar-refractivity contribution >= 4 is 0 Å². The van der Waals surface area contributed by atoms with E-state index in [-0.39, 0.29) is 6.61 Å². The second-order valence-corrected chi connectivity index (χ2v) is 3.03. The van der Waals surface area contributed by atoms with Crippen molar-refractivity contribution in [2.75, 3.05) is 6.61 Å². The maximum absolute atomic E-state index is 9.23. The van der Waals surface area contributed by atoms with Crippen LogP contribution in [0.2, 0.25) is 0 Å². The van der Waals surface area contributed by atoms with Crippen LogP contribution in [0.5, 0.6) is 0 Å². The molecule has 0 aromatic carbocycles. The molecule has 1 heterocycles. The zero-order valence-electron chi connectivity index (χ0n) is 6.79. The summed E-state index contributed by atoms with van der Waals surface area (Å²) in [7, 11) is 0. The Labute approximate surface area is 70.2 Å². The highest BCUT2D eigenvalue weighted by Gasteiger charge is 2.41. The molecule has 0 aromatic heterocycles. The summed E-state index contributed by atoms with van der Waals surface area (Å²) in [6.07, 6.45) is -4.94. The average Bonchev–Trinajstić information content (AvgIpc) is 2.08. The molecule has 0 amide bonds. The first-order valence-electron chi connectivity index (χ1n) is 3.88. The van der Waals surface area contributed by atoms with Crippen molar-refractivity contribution in [3.05, 3.63) is 0 Å². The van der Waals surface area contributed by atoms with Crippen LogP contribution in [-0.4, -0.2) is 57.6 Å². The van der Waals surface area contributed by atoms with Gasteiger partial charge in [0.15, 0.2) is 0 Å². The minimum Gasteiger partial charge on any atom is -0.394 e. The molecule has 4 N–H and O–H groups in total. The van der Waals surface area contributed by atoms with Crippen molar-refractivity contribution in [1.82, 2.24) is 0 Å². The second-order valence-electron chi connectivity index (χ2n) is 3.03. The van der Waals surface area contributed by atoms with Gasteiger partial charge in [-0.25, -0.2) is 0 Å². The smallest absolute Gasteiger partial charge is 0.111 e. The van der Waals surface area contributed by atoms with Crippen LogP contribution in [0.3, 0.4) is 0 Å². The Morgan fingerprint density at radius 3 is 2.17 bits per heavy atom. The molecule has 5 atom stereocenters. The fourth-order valence-electron chi connectivity index (χ4n) is 1.29. The van der Waals surface area contributed by atoms with Gasteiger partial charge in [0, 0.05) is 0 Å². The zero-order chi connectivity index (χ0) is 9.30. The highest BCUT2D eigenvalue weighted by molar-refractivity contribution is 4.89. The lowest BCUT2D eigenvalue weighted by Crippen LogP contribution is -2.57. The zero-order valence-corrected chi connectivity index (χ0v) is 6.79. The summed E-state index contributed by atoms with van der Waals surface area (Å²) < 4.78 is 5.02. The summed E-state index contributed by atoms with van der Waals surface area (Å²) in [6.45, 7) is 1.21. The molecule has 1 saturated heterocycles. The van der Waals surface area contributed by atoms with Crippen LogP contribution in [0.25, 0.3) is 0 Å². The summed E-state index contributed by atoms with van der Waals surface area (Å²) in [5, 5.41) is 36.4. The molecule has 5 heteroatoms. The Morgan fingerprint density at radius 2 is 1.67 bits per heavy atom. The van der Waals surface area contributed by atoms with Crippen molar-refractivity contribution in [2.45, 2.75) is 37.4 Å². The summed E-state index contributed by atoms with van der Waals surface area (Å²) in [6, 6.07) is 0. The topological polar surface area (TPSA) is 90.2 Å². The Morgan fingerprint density at radius 1 is 1.08 bits per heavy atom. The van der Waals surface area contributed by atoms with Gasteiger partial charge < -0.3 is 25.2 Å². The normalized spacial score (nSPS) is 49.2. The van der Waals surface area contributed by atoms with E-state index in [0.29, 0.717) is 0 Å². The summed E-state index contributed by atoms with van der Waals surface area (Å²) in [5.74, 6) is 0. The molecule has 5 nitrogen and oxygen atoms in total. The van der Waals surface area contributed by atoms with E-state index in [1.165, 1.54) is 0 Å². The molecule has 72 valence electrons. The predicted molar refractivity (Wildman–Crippen MR) is 39.4 cm³/mol. The van der Waals surface area contributed by atoms with E-state index < -0.39 is 30.5 Å². The van der Waals surface area contributed by atoms with Crippen LogP contribution in [0, 0.1) is 0 Å². The molecule has 1 aliphatic rings. The van der Waals surface area contributed by atoms with Crippen LogP contribution >= 0.6 is 0 Å². The van der Waals surface area contributed by atoms with Gasteiger partial charge in [0.1, 0.15) is 24.4 Å². The maximum Gasteiger partial charge on any atom is 0.111 e. The van der Waals surface area contributed by atoms with Crippen molar-refractivity contribution in [2.24, 2.45) is 0 Å². The minimum absolute atomic E-state index is 0.366. The van der Waals surface area contributed by atoms with Crippen molar-refractivity contribution < 1.29 is 25.2 Å². The number of hydrogen-bond donors (Lipinski definition) is 4. The molecular weight excluding hydrogens is 164 g/mol. The van der Waals surface area contributed by atoms with E-state index in [1.54, 1.807) is 6.92 Å². The van der Waals surface area contributed by atoms with Crippen molar-refractivity contribution in [3.63, 3.8) is 0 Å². The first kappa shape index (κ1) is 9.88. The second kappa shape index (κ2) is 3.68. The van der Waals surface area contributed by atoms with Gasteiger partial charge in [-0.1, -0.05) is 0 Å². The predicted octanol–water partition coefficient (Wildman–Crippen LogP) is -2.15. The van der Waals surface area contributed by atoms with Gasteiger partial charge in [0.25, 0.3) is 0 Å². The van der Waals surface area contributed by atoms with Gasteiger partial charge in [0.2, 0.25) is 0 Å². The lowest BCUT2D eigenvalue weighted by Gasteiger charge is -2.38. The largest absolute Gasteiger partial charge is 0.394 e. The van der Waals surface area contributed by atoms with Crippen LogP contribution in [0.4, 0.5) is 0 Å². The van der Waals surface area contributed by atoms with E-state index in [2.05, 4.69) is 0 Å². The molecule has 0 bridgehead atoms. The Hall–Kier alpha value is -0.200. The maximum atomic E-state index is 9.23. The summed E-state index contributed by atoms with van der Waals surface area (Å²) in [5.41, 5.74) is 0. The highest BCUT2D eigenvalue weighted by Crippen LogP contribution is 2.20. The molecule has 1 fully saturated rings. The number of ether oxygens (including phenoxy) is 1. The third-order valence-corrected chi connectivity index (χ3v) is 2.13. The number of hydrogen-bond acceptors (Lipinski definition) is 5. The molecule has 0 aromatic rings. The Balaban J connectivity index is 2.63. The molecule has 0 radical (unpaired) electrons. The number of rotatable bonds is 1. The van der Waals surface area contributed by atoms with E-state index in [0.717, 1.165) is 0 Å².